The van der Waals surface area contributed by atoms with Gasteiger partial charge in [-0.3, -0.25) is 0 Å². The molecule has 1 atom stereocenters. The summed E-state index contributed by atoms with van der Waals surface area (Å²) in [6, 6.07) is 0. The molecule has 0 bridgehead atoms. The molecule has 0 amide bonds. The van der Waals surface area contributed by atoms with E-state index in [1.807, 2.05) is 0 Å². The van der Waals surface area contributed by atoms with Gasteiger partial charge in [0.1, 0.15) is 0 Å². The molecule has 13 heavy (non-hydrogen) atoms. The van der Waals surface area contributed by atoms with Gasteiger partial charge in [-0.05, 0) is 44.3 Å². The minimum absolute atomic E-state index is 0.693. The number of nitrogens with two attached hydrogens (primary N) is 1. The highest BCUT2D eigenvalue weighted by molar-refractivity contribution is 4.72. The van der Waals surface area contributed by atoms with Gasteiger partial charge >= 0.3 is 0 Å². The summed E-state index contributed by atoms with van der Waals surface area (Å²) in [4.78, 5) is 2.58. The zero-order valence-corrected chi connectivity index (χ0v) is 9.13. The number of hydrogen-bond donors (Lipinski definition) is 1. The van der Waals surface area contributed by atoms with E-state index in [9.17, 15) is 0 Å². The van der Waals surface area contributed by atoms with Crippen molar-refractivity contribution in [2.75, 3.05) is 26.2 Å². The first kappa shape index (κ1) is 11.0. The standard InChI is InChI=1S/C11H24N2/c1-10(2)11(8-12)9-13-6-4-3-5-7-13/h10-11H,3-9,12H2,1-2H3. The molecule has 1 unspecified atom stereocenters. The van der Waals surface area contributed by atoms with Gasteiger partial charge in [-0.1, -0.05) is 20.3 Å². The Labute approximate surface area is 82.5 Å². The topological polar surface area (TPSA) is 29.3 Å². The van der Waals surface area contributed by atoms with Gasteiger partial charge in [-0.25, -0.2) is 0 Å². The van der Waals surface area contributed by atoms with Crippen molar-refractivity contribution in [3.05, 3.63) is 0 Å². The monoisotopic (exact) mass is 184 g/mol. The van der Waals surface area contributed by atoms with Crippen LogP contribution in [0, 0.1) is 11.8 Å². The molecule has 0 aromatic rings. The fraction of sp³-hybridized carbons (Fsp3) is 1.00. The van der Waals surface area contributed by atoms with Crippen LogP contribution in [0.4, 0.5) is 0 Å². The molecule has 0 saturated carbocycles. The van der Waals surface area contributed by atoms with E-state index in [-0.39, 0.29) is 0 Å². The summed E-state index contributed by atoms with van der Waals surface area (Å²) in [7, 11) is 0. The lowest BCUT2D eigenvalue weighted by molar-refractivity contribution is 0.176. The van der Waals surface area contributed by atoms with Gasteiger partial charge in [0, 0.05) is 6.54 Å². The summed E-state index contributed by atoms with van der Waals surface area (Å²) in [6.07, 6.45) is 4.19. The Kier molecular flexibility index (Phi) is 4.74. The van der Waals surface area contributed by atoms with E-state index < -0.39 is 0 Å². The molecule has 0 aromatic heterocycles. The summed E-state index contributed by atoms with van der Waals surface area (Å²) in [6.45, 7) is 9.21. The fourth-order valence-electron chi connectivity index (χ4n) is 2.03. The van der Waals surface area contributed by atoms with Crippen LogP contribution < -0.4 is 5.73 Å². The van der Waals surface area contributed by atoms with Crippen LogP contribution in [0.15, 0.2) is 0 Å². The van der Waals surface area contributed by atoms with Gasteiger partial charge in [0.15, 0.2) is 0 Å². The maximum atomic E-state index is 5.76. The molecular weight excluding hydrogens is 160 g/mol. The predicted octanol–water partition coefficient (Wildman–Crippen LogP) is 1.70. The smallest absolute Gasteiger partial charge is 0.00242 e. The maximum absolute atomic E-state index is 5.76. The van der Waals surface area contributed by atoms with Crippen molar-refractivity contribution < 1.29 is 0 Å². The Bertz CT molecular complexity index is 128. The number of hydrogen-bond acceptors (Lipinski definition) is 2. The lowest BCUT2D eigenvalue weighted by Gasteiger charge is -2.31. The molecular formula is C11H24N2. The predicted molar refractivity (Wildman–Crippen MR) is 57.7 cm³/mol. The van der Waals surface area contributed by atoms with Crippen LogP contribution in [0.2, 0.25) is 0 Å². The average molecular weight is 184 g/mol. The van der Waals surface area contributed by atoms with Crippen LogP contribution in [-0.4, -0.2) is 31.1 Å². The van der Waals surface area contributed by atoms with Gasteiger partial charge in [0.25, 0.3) is 0 Å². The molecule has 2 N–H and O–H groups in total. The summed E-state index contributed by atoms with van der Waals surface area (Å²) >= 11 is 0. The minimum Gasteiger partial charge on any atom is -0.330 e. The third kappa shape index (κ3) is 3.65. The first-order valence-corrected chi connectivity index (χ1v) is 5.66. The SMILES string of the molecule is CC(C)C(CN)CN1CCCCC1. The first-order chi connectivity index (χ1) is 6.24. The Morgan fingerprint density at radius 1 is 1.15 bits per heavy atom. The van der Waals surface area contributed by atoms with Gasteiger partial charge in [-0.15, -0.1) is 0 Å². The molecule has 1 rings (SSSR count). The van der Waals surface area contributed by atoms with Crippen LogP contribution in [0.3, 0.4) is 0 Å². The van der Waals surface area contributed by atoms with Crippen LogP contribution >= 0.6 is 0 Å². The zero-order valence-electron chi connectivity index (χ0n) is 9.13. The largest absolute Gasteiger partial charge is 0.330 e. The van der Waals surface area contributed by atoms with Crippen molar-refractivity contribution in [1.82, 2.24) is 4.90 Å². The molecule has 0 aromatic carbocycles. The molecule has 0 spiro atoms. The molecule has 78 valence electrons. The van der Waals surface area contributed by atoms with Crippen molar-refractivity contribution in [2.45, 2.75) is 33.1 Å². The van der Waals surface area contributed by atoms with Crippen molar-refractivity contribution in [3.8, 4) is 0 Å². The van der Waals surface area contributed by atoms with Crippen LogP contribution in [0.25, 0.3) is 0 Å². The van der Waals surface area contributed by atoms with Crippen molar-refractivity contribution in [1.29, 1.82) is 0 Å². The molecule has 1 aliphatic rings. The highest BCUT2D eigenvalue weighted by Gasteiger charge is 2.17. The van der Waals surface area contributed by atoms with E-state index in [0.29, 0.717) is 5.92 Å². The van der Waals surface area contributed by atoms with Crippen molar-refractivity contribution in [2.24, 2.45) is 17.6 Å². The van der Waals surface area contributed by atoms with Crippen molar-refractivity contribution >= 4 is 0 Å². The second kappa shape index (κ2) is 5.61. The van der Waals surface area contributed by atoms with Gasteiger partial charge in [-0.2, -0.15) is 0 Å². The van der Waals surface area contributed by atoms with Crippen LogP contribution in [0.5, 0.6) is 0 Å². The lowest BCUT2D eigenvalue weighted by atomic mass is 9.94. The highest BCUT2D eigenvalue weighted by Crippen LogP contribution is 2.15. The van der Waals surface area contributed by atoms with E-state index in [2.05, 4.69) is 18.7 Å². The average Bonchev–Trinajstić information content (AvgIpc) is 2.15. The molecule has 1 fully saturated rings. The van der Waals surface area contributed by atoms with Gasteiger partial charge in [0.05, 0.1) is 0 Å². The minimum atomic E-state index is 0.693. The van der Waals surface area contributed by atoms with Crippen LogP contribution in [-0.2, 0) is 0 Å². The van der Waals surface area contributed by atoms with Gasteiger partial charge in [0.2, 0.25) is 0 Å². The zero-order chi connectivity index (χ0) is 9.68. The van der Waals surface area contributed by atoms with E-state index in [4.69, 9.17) is 5.73 Å². The molecule has 2 heteroatoms. The summed E-state index contributed by atoms with van der Waals surface area (Å²) in [5.74, 6) is 1.42. The number of rotatable bonds is 4. The van der Waals surface area contributed by atoms with Crippen molar-refractivity contribution in [3.63, 3.8) is 0 Å². The van der Waals surface area contributed by atoms with Crippen LogP contribution in [0.1, 0.15) is 33.1 Å². The number of piperidine rings is 1. The molecule has 0 radical (unpaired) electrons. The summed E-state index contributed by atoms with van der Waals surface area (Å²) < 4.78 is 0. The molecule has 1 heterocycles. The Hall–Kier alpha value is -0.0800. The first-order valence-electron chi connectivity index (χ1n) is 5.66. The third-order valence-electron chi connectivity index (χ3n) is 3.19. The maximum Gasteiger partial charge on any atom is 0.00242 e. The Morgan fingerprint density at radius 3 is 2.23 bits per heavy atom. The molecule has 2 nitrogen and oxygen atoms in total. The third-order valence-corrected chi connectivity index (χ3v) is 3.19. The number of likely N-dealkylation sites (tertiary alicyclic amines) is 1. The normalized spacial score (nSPS) is 22.2. The quantitative estimate of drug-likeness (QED) is 0.720. The lowest BCUT2D eigenvalue weighted by Crippen LogP contribution is -2.38. The summed E-state index contributed by atoms with van der Waals surface area (Å²) in [5, 5.41) is 0. The van der Waals surface area contributed by atoms with E-state index in [1.165, 1.54) is 38.9 Å². The summed E-state index contributed by atoms with van der Waals surface area (Å²) in [5.41, 5.74) is 5.76. The van der Waals surface area contributed by atoms with Gasteiger partial charge < -0.3 is 10.6 Å². The Morgan fingerprint density at radius 2 is 1.77 bits per heavy atom. The second-order valence-electron chi connectivity index (χ2n) is 4.60. The molecule has 1 aliphatic heterocycles. The molecule has 1 saturated heterocycles. The highest BCUT2D eigenvalue weighted by atomic mass is 15.1. The van der Waals surface area contributed by atoms with E-state index >= 15 is 0 Å². The number of nitrogens with zero attached hydrogens (tertiary/aromatic N) is 1. The molecule has 0 aliphatic carbocycles. The fourth-order valence-corrected chi connectivity index (χ4v) is 2.03. The van der Waals surface area contributed by atoms with E-state index in [1.54, 1.807) is 0 Å². The Balaban J connectivity index is 2.27. The second-order valence-corrected chi connectivity index (χ2v) is 4.60. The van der Waals surface area contributed by atoms with E-state index in [0.717, 1.165) is 12.5 Å².